The molecule has 0 amide bonds. The molecule has 6 aromatic carbocycles. The van der Waals surface area contributed by atoms with Crippen molar-refractivity contribution in [3.05, 3.63) is 254 Å². The van der Waals surface area contributed by atoms with Gasteiger partial charge in [-0.2, -0.15) is 0 Å². The van der Waals surface area contributed by atoms with Crippen LogP contribution in [0, 0.1) is 0 Å². The van der Waals surface area contributed by atoms with Gasteiger partial charge in [0.2, 0.25) is 0 Å². The molecule has 14 rings (SSSR count). The number of hydrogen-bond acceptors (Lipinski definition) is 10. The molecule has 0 saturated heterocycles. The standard InChI is InChI=1S/C68H50N10/c1-67(2)51-21-5-9-27-61(51)77(62-28-10-6-22-52(62)67)45-35-47-48(49(37-45)57-39-59(55-25-13-15-33-71-55)75-65(73-57)43-19-17-31-69-41-43)36-46(78-63-29-11-7-23-53(63)68(3,4)54-24-8-12-30-64(54)78)38-50(47)58-40-60(56-26-14-16-34-72-56)76-66(74-58)44-20-18-32-70-42-44/h5-42H,1-4H3. The fraction of sp³-hybridized carbons (Fsp3) is 0.0882. The Bertz CT molecular complexity index is 3790. The first-order valence-corrected chi connectivity index (χ1v) is 26.2. The number of rotatable bonds is 8. The molecule has 78 heavy (non-hydrogen) atoms. The van der Waals surface area contributed by atoms with Crippen LogP contribution in [0.5, 0.6) is 0 Å². The Balaban J connectivity index is 1.15. The monoisotopic (exact) mass is 1010 g/mol. The molecule has 0 bridgehead atoms. The lowest BCUT2D eigenvalue weighted by molar-refractivity contribution is 0.631. The highest BCUT2D eigenvalue weighted by Gasteiger charge is 2.39. The van der Waals surface area contributed by atoms with Crippen molar-refractivity contribution in [3.8, 4) is 68.1 Å². The van der Waals surface area contributed by atoms with Crippen LogP contribution in [0.1, 0.15) is 49.9 Å². The molecule has 6 aromatic heterocycles. The molecule has 0 atom stereocenters. The molecule has 12 aromatic rings. The topological polar surface area (TPSA) is 110 Å². The number of anilines is 6. The van der Waals surface area contributed by atoms with Crippen molar-refractivity contribution in [2.75, 3.05) is 9.80 Å². The van der Waals surface area contributed by atoms with Crippen LogP contribution in [-0.4, -0.2) is 39.9 Å². The Morgan fingerprint density at radius 3 is 1.03 bits per heavy atom. The smallest absolute Gasteiger partial charge is 0.162 e. The summed E-state index contributed by atoms with van der Waals surface area (Å²) >= 11 is 0. The van der Waals surface area contributed by atoms with Crippen molar-refractivity contribution in [3.63, 3.8) is 0 Å². The second kappa shape index (κ2) is 18.4. The minimum atomic E-state index is -0.284. The van der Waals surface area contributed by atoms with Crippen molar-refractivity contribution in [2.24, 2.45) is 0 Å². The number of hydrogen-bond donors (Lipinski definition) is 0. The molecule has 372 valence electrons. The number of nitrogens with zero attached hydrogens (tertiary/aromatic N) is 10. The minimum absolute atomic E-state index is 0.284. The molecule has 2 aliphatic rings. The number of fused-ring (bicyclic) bond motifs is 5. The van der Waals surface area contributed by atoms with Crippen LogP contribution >= 0.6 is 0 Å². The highest BCUT2D eigenvalue weighted by atomic mass is 15.2. The van der Waals surface area contributed by atoms with Crippen molar-refractivity contribution in [1.29, 1.82) is 0 Å². The van der Waals surface area contributed by atoms with E-state index in [4.69, 9.17) is 29.9 Å². The largest absolute Gasteiger partial charge is 0.310 e. The van der Waals surface area contributed by atoms with Gasteiger partial charge < -0.3 is 9.80 Å². The SMILES string of the molecule is CC1(C)c2ccccc2N(c2cc(-c3cc(-c4ccccn4)nc(-c4cccnc4)n3)c3cc(N4c5ccccc5C(C)(C)c5ccccc54)cc(-c4cc(-c5ccccn5)nc(-c5cccnc5)n4)c3c2)c2ccccc21. The second-order valence-corrected chi connectivity index (χ2v) is 20.9. The zero-order chi connectivity index (χ0) is 52.5. The highest BCUT2D eigenvalue weighted by Crippen LogP contribution is 2.56. The third-order valence-corrected chi connectivity index (χ3v) is 15.5. The van der Waals surface area contributed by atoms with Crippen LogP contribution in [-0.2, 0) is 10.8 Å². The first kappa shape index (κ1) is 46.5. The van der Waals surface area contributed by atoms with E-state index in [2.05, 4.69) is 181 Å². The number of benzene rings is 6. The lowest BCUT2D eigenvalue weighted by Crippen LogP contribution is -2.30. The van der Waals surface area contributed by atoms with Gasteiger partial charge in [-0.15, -0.1) is 0 Å². The predicted octanol–water partition coefficient (Wildman–Crippen LogP) is 16.2. The maximum atomic E-state index is 5.54. The van der Waals surface area contributed by atoms with Crippen molar-refractivity contribution in [1.82, 2.24) is 39.9 Å². The van der Waals surface area contributed by atoms with Crippen molar-refractivity contribution < 1.29 is 0 Å². The van der Waals surface area contributed by atoms with E-state index in [1.165, 1.54) is 22.3 Å². The molecule has 0 fully saturated rings. The molecule has 10 heteroatoms. The lowest BCUT2D eigenvalue weighted by atomic mass is 9.73. The molecule has 0 saturated carbocycles. The fourth-order valence-corrected chi connectivity index (χ4v) is 11.7. The summed E-state index contributed by atoms with van der Waals surface area (Å²) in [7, 11) is 0. The Labute approximate surface area is 452 Å². The molecule has 0 N–H and O–H groups in total. The third-order valence-electron chi connectivity index (χ3n) is 15.5. The maximum absolute atomic E-state index is 5.54. The molecule has 8 heterocycles. The maximum Gasteiger partial charge on any atom is 0.162 e. The summed E-state index contributed by atoms with van der Waals surface area (Å²) < 4.78 is 0. The molecular weight excluding hydrogens is 957 g/mol. The quantitative estimate of drug-likeness (QED) is 0.146. The summed E-state index contributed by atoms with van der Waals surface area (Å²) in [6, 6.07) is 68.2. The van der Waals surface area contributed by atoms with E-state index in [1.54, 1.807) is 24.8 Å². The Hall–Kier alpha value is -10.1. The zero-order valence-corrected chi connectivity index (χ0v) is 43.4. The van der Waals surface area contributed by atoms with Gasteiger partial charge in [0.15, 0.2) is 11.6 Å². The number of para-hydroxylation sites is 4. The molecule has 0 unspecified atom stereocenters. The van der Waals surface area contributed by atoms with E-state index in [-0.39, 0.29) is 10.8 Å². The Kier molecular flexibility index (Phi) is 10.9. The van der Waals surface area contributed by atoms with Crippen LogP contribution in [0.4, 0.5) is 34.1 Å². The summed E-state index contributed by atoms with van der Waals surface area (Å²) in [4.78, 5) is 45.1. The normalized spacial score (nSPS) is 13.8. The molecule has 10 nitrogen and oxygen atoms in total. The molecule has 2 aliphatic heterocycles. The average Bonchev–Trinajstić information content (AvgIpc) is 3.69. The number of aromatic nitrogens is 8. The van der Waals surface area contributed by atoms with Crippen molar-refractivity contribution in [2.45, 2.75) is 38.5 Å². The van der Waals surface area contributed by atoms with Gasteiger partial charge in [-0.05, 0) is 142 Å². The van der Waals surface area contributed by atoms with Crippen LogP contribution in [0.15, 0.2) is 231 Å². The van der Waals surface area contributed by atoms with Gasteiger partial charge in [0.25, 0.3) is 0 Å². The summed E-state index contributed by atoms with van der Waals surface area (Å²) in [5.74, 6) is 1.06. The number of pyridine rings is 4. The van der Waals surface area contributed by atoms with Crippen LogP contribution in [0.3, 0.4) is 0 Å². The first-order valence-electron chi connectivity index (χ1n) is 26.2. The average molecular weight is 1010 g/mol. The van der Waals surface area contributed by atoms with E-state index in [1.807, 2.05) is 73.1 Å². The first-order chi connectivity index (χ1) is 38.2. The zero-order valence-electron chi connectivity index (χ0n) is 43.4. The molecular formula is C68H50N10. The van der Waals surface area contributed by atoms with E-state index >= 15 is 0 Å². The summed E-state index contributed by atoms with van der Waals surface area (Å²) in [5.41, 5.74) is 18.2. The van der Waals surface area contributed by atoms with Gasteiger partial charge in [0, 0.05) is 81.6 Å². The van der Waals surface area contributed by atoms with E-state index < -0.39 is 0 Å². The minimum Gasteiger partial charge on any atom is -0.310 e. The highest BCUT2D eigenvalue weighted by molar-refractivity contribution is 6.10. The van der Waals surface area contributed by atoms with Gasteiger partial charge in [-0.3, -0.25) is 19.9 Å². The predicted molar refractivity (Wildman–Crippen MR) is 313 cm³/mol. The van der Waals surface area contributed by atoms with Gasteiger partial charge in [0.05, 0.1) is 56.9 Å². The Morgan fingerprint density at radius 2 is 0.679 bits per heavy atom. The fourth-order valence-electron chi connectivity index (χ4n) is 11.7. The van der Waals surface area contributed by atoms with Gasteiger partial charge in [-0.1, -0.05) is 113 Å². The van der Waals surface area contributed by atoms with E-state index in [9.17, 15) is 0 Å². The third kappa shape index (κ3) is 7.71. The summed E-state index contributed by atoms with van der Waals surface area (Å²) in [6.07, 6.45) is 10.8. The van der Waals surface area contributed by atoms with Gasteiger partial charge in [-0.25, -0.2) is 19.9 Å². The van der Waals surface area contributed by atoms with Crippen molar-refractivity contribution >= 4 is 44.9 Å². The van der Waals surface area contributed by atoms with E-state index in [0.717, 1.165) is 78.5 Å². The molecule has 0 spiro atoms. The van der Waals surface area contributed by atoms with Gasteiger partial charge >= 0.3 is 0 Å². The summed E-state index contributed by atoms with van der Waals surface area (Å²) in [6.45, 7) is 9.28. The van der Waals surface area contributed by atoms with Gasteiger partial charge in [0.1, 0.15) is 0 Å². The lowest BCUT2D eigenvalue weighted by Gasteiger charge is -2.42. The molecule has 0 radical (unpaired) electrons. The van der Waals surface area contributed by atoms with E-state index in [0.29, 0.717) is 34.4 Å². The van der Waals surface area contributed by atoms with Crippen LogP contribution < -0.4 is 9.80 Å². The summed E-state index contributed by atoms with van der Waals surface area (Å²) in [5, 5.41) is 1.90. The molecule has 0 aliphatic carbocycles. The van der Waals surface area contributed by atoms with Crippen LogP contribution in [0.25, 0.3) is 78.8 Å². The second-order valence-electron chi connectivity index (χ2n) is 20.9. The Morgan fingerprint density at radius 1 is 0.321 bits per heavy atom. The van der Waals surface area contributed by atoms with Crippen LogP contribution in [0.2, 0.25) is 0 Å².